The van der Waals surface area contributed by atoms with Gasteiger partial charge in [-0.1, -0.05) is 17.7 Å². The Hall–Kier alpha value is -3.19. The number of carbonyl (C=O) groups excluding carboxylic acids is 3. The quantitative estimate of drug-likeness (QED) is 0.460. The van der Waals surface area contributed by atoms with Crippen LogP contribution in [0.25, 0.3) is 0 Å². The zero-order chi connectivity index (χ0) is 21.8. The average molecular weight is 426 g/mol. The third-order valence-electron chi connectivity index (χ3n) is 4.63. The highest BCUT2D eigenvalue weighted by Gasteiger charge is 2.33. The number of ether oxygens (including phenoxy) is 3. The lowest BCUT2D eigenvalue weighted by atomic mass is 9.88. The molecule has 6 nitrogen and oxygen atoms in total. The third kappa shape index (κ3) is 4.21. The molecule has 0 saturated heterocycles. The van der Waals surface area contributed by atoms with Gasteiger partial charge < -0.3 is 14.2 Å². The number of ketones is 2. The number of rotatable bonds is 7. The van der Waals surface area contributed by atoms with E-state index in [1.807, 2.05) is 19.9 Å². The molecule has 7 heteroatoms. The number of allylic oxidation sites excluding steroid dienone is 3. The number of methoxy groups -OCH3 is 2. The summed E-state index contributed by atoms with van der Waals surface area (Å²) in [4.78, 5) is 38.2. The van der Waals surface area contributed by atoms with Crippen molar-refractivity contribution >= 4 is 28.9 Å². The fourth-order valence-corrected chi connectivity index (χ4v) is 3.85. The first kappa shape index (κ1) is 21.5. The van der Waals surface area contributed by atoms with Crippen LogP contribution < -0.4 is 9.47 Å². The van der Waals surface area contributed by atoms with Gasteiger partial charge in [0.25, 0.3) is 0 Å². The van der Waals surface area contributed by atoms with Crippen LogP contribution in [0.4, 0.5) is 0 Å². The van der Waals surface area contributed by atoms with Crippen molar-refractivity contribution in [3.05, 3.63) is 68.9 Å². The van der Waals surface area contributed by atoms with Gasteiger partial charge in [0.1, 0.15) is 22.5 Å². The Balaban J connectivity index is 2.16. The molecule has 3 rings (SSSR count). The minimum absolute atomic E-state index is 0.119. The molecule has 0 fully saturated rings. The van der Waals surface area contributed by atoms with Crippen LogP contribution in [0, 0.1) is 0 Å². The van der Waals surface area contributed by atoms with Crippen LogP contribution in [-0.4, -0.2) is 31.8 Å². The fourth-order valence-electron chi connectivity index (χ4n) is 3.24. The van der Waals surface area contributed by atoms with Crippen LogP contribution in [0.3, 0.4) is 0 Å². The summed E-state index contributed by atoms with van der Waals surface area (Å²) < 4.78 is 16.8. The van der Waals surface area contributed by atoms with E-state index in [0.29, 0.717) is 16.9 Å². The number of fused-ring (bicyclic) bond motifs is 1. The summed E-state index contributed by atoms with van der Waals surface area (Å²) in [5, 5.41) is 1.79. The molecule has 0 radical (unpaired) electrons. The van der Waals surface area contributed by atoms with E-state index in [1.54, 1.807) is 23.6 Å². The highest BCUT2D eigenvalue weighted by Crippen LogP contribution is 2.42. The minimum Gasteiger partial charge on any atom is -0.496 e. The first-order valence-electron chi connectivity index (χ1n) is 9.30. The van der Waals surface area contributed by atoms with Crippen molar-refractivity contribution < 1.29 is 28.6 Å². The molecule has 30 heavy (non-hydrogen) atoms. The number of esters is 1. The van der Waals surface area contributed by atoms with Gasteiger partial charge in [0.15, 0.2) is 11.6 Å². The predicted molar refractivity (Wildman–Crippen MR) is 114 cm³/mol. The van der Waals surface area contributed by atoms with Crippen molar-refractivity contribution in [1.82, 2.24) is 0 Å². The molecule has 0 N–H and O–H groups in total. The van der Waals surface area contributed by atoms with Crippen LogP contribution in [-0.2, 0) is 4.74 Å². The summed E-state index contributed by atoms with van der Waals surface area (Å²) in [6, 6.07) is 5.06. The molecule has 1 aliphatic rings. The van der Waals surface area contributed by atoms with Crippen LogP contribution in [0.15, 0.2) is 47.4 Å². The Bertz CT molecular complexity index is 1040. The second-order valence-electron chi connectivity index (χ2n) is 6.90. The summed E-state index contributed by atoms with van der Waals surface area (Å²) in [6.45, 7) is 3.88. The van der Waals surface area contributed by atoms with Gasteiger partial charge in [-0.3, -0.25) is 9.59 Å². The summed E-state index contributed by atoms with van der Waals surface area (Å²) in [6.07, 6.45) is 3.99. The number of hydrogen-bond donors (Lipinski definition) is 0. The van der Waals surface area contributed by atoms with Gasteiger partial charge >= 0.3 is 5.97 Å². The normalized spacial score (nSPS) is 13.5. The molecule has 1 unspecified atom stereocenters. The van der Waals surface area contributed by atoms with Gasteiger partial charge in [-0.2, -0.15) is 0 Å². The third-order valence-corrected chi connectivity index (χ3v) is 5.48. The van der Waals surface area contributed by atoms with Gasteiger partial charge in [-0.05, 0) is 43.5 Å². The van der Waals surface area contributed by atoms with Gasteiger partial charge in [-0.25, -0.2) is 4.79 Å². The molecule has 1 atom stereocenters. The number of hydrogen-bond acceptors (Lipinski definition) is 7. The summed E-state index contributed by atoms with van der Waals surface area (Å²) in [7, 11) is 2.84. The molecule has 0 amide bonds. The molecule has 1 aliphatic carbocycles. The molecule has 156 valence electrons. The van der Waals surface area contributed by atoms with Crippen LogP contribution in [0.2, 0.25) is 0 Å². The van der Waals surface area contributed by atoms with E-state index in [2.05, 4.69) is 0 Å². The molecule has 0 saturated carbocycles. The molecule has 0 aliphatic heterocycles. The lowest BCUT2D eigenvalue weighted by Gasteiger charge is -2.24. The molecule has 0 bridgehead atoms. The minimum atomic E-state index is -0.738. The van der Waals surface area contributed by atoms with Gasteiger partial charge in [0.2, 0.25) is 0 Å². The number of thiophene rings is 1. The Morgan fingerprint density at radius 1 is 1.10 bits per heavy atom. The lowest BCUT2D eigenvalue weighted by Crippen LogP contribution is -2.18. The standard InChI is InChI=1S/C23H22O6S/c1-13(2)7-10-17(29-23(26)19-6-5-11-30-19)14-12-18(27-3)20-15(24)8-9-16(25)21(20)22(14)28-4/h5-9,11-12,17H,10H2,1-4H3. The van der Waals surface area contributed by atoms with Crippen LogP contribution in [0.1, 0.15) is 62.3 Å². The number of benzene rings is 1. The number of carbonyl (C=O) groups is 3. The topological polar surface area (TPSA) is 78.9 Å². The zero-order valence-corrected chi connectivity index (χ0v) is 18.0. The van der Waals surface area contributed by atoms with Crippen LogP contribution in [0.5, 0.6) is 11.5 Å². The predicted octanol–water partition coefficient (Wildman–Crippen LogP) is 4.95. The Morgan fingerprint density at radius 3 is 2.37 bits per heavy atom. The SMILES string of the molecule is COc1cc(C(CC=C(C)C)OC(=O)c2cccs2)c(OC)c2c1C(=O)C=CC2=O. The molecular formula is C23H22O6S. The van der Waals surface area contributed by atoms with Gasteiger partial charge in [-0.15, -0.1) is 11.3 Å². The summed E-state index contributed by atoms with van der Waals surface area (Å²) >= 11 is 1.28. The van der Waals surface area contributed by atoms with E-state index in [0.717, 1.165) is 5.57 Å². The molecule has 2 aromatic rings. The summed E-state index contributed by atoms with van der Waals surface area (Å²) in [5.74, 6) is -0.745. The summed E-state index contributed by atoms with van der Waals surface area (Å²) in [5.41, 5.74) is 1.78. The Labute approximate surface area is 178 Å². The van der Waals surface area contributed by atoms with E-state index in [4.69, 9.17) is 14.2 Å². The van der Waals surface area contributed by atoms with Crippen molar-refractivity contribution in [2.75, 3.05) is 14.2 Å². The first-order valence-corrected chi connectivity index (χ1v) is 10.2. The molecule has 1 heterocycles. The van der Waals surface area contributed by atoms with Gasteiger partial charge in [0.05, 0.1) is 25.3 Å². The van der Waals surface area contributed by atoms with Crippen molar-refractivity contribution in [2.45, 2.75) is 26.4 Å². The largest absolute Gasteiger partial charge is 0.496 e. The fraction of sp³-hybridized carbons (Fsp3) is 0.261. The van der Waals surface area contributed by atoms with Crippen molar-refractivity contribution in [2.24, 2.45) is 0 Å². The van der Waals surface area contributed by atoms with E-state index in [9.17, 15) is 14.4 Å². The molecule has 0 spiro atoms. The van der Waals surface area contributed by atoms with E-state index < -0.39 is 12.1 Å². The average Bonchev–Trinajstić information content (AvgIpc) is 3.27. The molecule has 1 aromatic heterocycles. The molecule has 1 aromatic carbocycles. The van der Waals surface area contributed by atoms with Crippen molar-refractivity contribution in [3.63, 3.8) is 0 Å². The van der Waals surface area contributed by atoms with Crippen LogP contribution >= 0.6 is 11.3 Å². The second kappa shape index (κ2) is 9.09. The first-order chi connectivity index (χ1) is 14.4. The maximum Gasteiger partial charge on any atom is 0.348 e. The Morgan fingerprint density at radius 2 is 1.80 bits per heavy atom. The second-order valence-corrected chi connectivity index (χ2v) is 7.85. The smallest absolute Gasteiger partial charge is 0.348 e. The zero-order valence-electron chi connectivity index (χ0n) is 17.2. The van der Waals surface area contributed by atoms with E-state index in [-0.39, 0.29) is 34.2 Å². The van der Waals surface area contributed by atoms with Crippen molar-refractivity contribution in [3.8, 4) is 11.5 Å². The maximum absolute atomic E-state index is 12.7. The monoisotopic (exact) mass is 426 g/mol. The lowest BCUT2D eigenvalue weighted by molar-refractivity contribution is 0.0303. The highest BCUT2D eigenvalue weighted by atomic mass is 32.1. The van der Waals surface area contributed by atoms with Crippen molar-refractivity contribution in [1.29, 1.82) is 0 Å². The maximum atomic E-state index is 12.7. The Kier molecular flexibility index (Phi) is 6.52. The highest BCUT2D eigenvalue weighted by molar-refractivity contribution is 7.11. The van der Waals surface area contributed by atoms with E-state index in [1.165, 1.54) is 37.7 Å². The van der Waals surface area contributed by atoms with Gasteiger partial charge in [0, 0.05) is 12.0 Å². The molecular weight excluding hydrogens is 404 g/mol. The van der Waals surface area contributed by atoms with E-state index >= 15 is 0 Å².